The van der Waals surface area contributed by atoms with Crippen LogP contribution in [0.4, 0.5) is 0 Å². The number of aliphatic hydroxyl groups excluding tert-OH is 1. The molecule has 0 saturated heterocycles. The summed E-state index contributed by atoms with van der Waals surface area (Å²) in [5.74, 6) is 0. The Balaban J connectivity index is 2.19. The van der Waals surface area contributed by atoms with Gasteiger partial charge in [-0.2, -0.15) is 0 Å². The Kier molecular flexibility index (Phi) is 4.77. The summed E-state index contributed by atoms with van der Waals surface area (Å²) in [6, 6.07) is 14.4. The molecule has 0 bridgehead atoms. The fraction of sp³-hybridized carbons (Fsp3) is 0.250. The van der Waals surface area contributed by atoms with Gasteiger partial charge in [0.05, 0.1) is 11.5 Å². The first-order valence-electron chi connectivity index (χ1n) is 6.66. The highest BCUT2D eigenvalue weighted by Gasteiger charge is 2.07. The second-order valence-corrected chi connectivity index (χ2v) is 7.16. The second kappa shape index (κ2) is 6.39. The monoisotopic (exact) mass is 305 g/mol. The van der Waals surface area contributed by atoms with Gasteiger partial charge in [0.15, 0.2) is 9.84 Å². The van der Waals surface area contributed by atoms with Crippen LogP contribution >= 0.6 is 0 Å². The fourth-order valence-electron chi connectivity index (χ4n) is 2.10. The molecule has 0 heterocycles. The van der Waals surface area contributed by atoms with E-state index in [1.807, 2.05) is 24.3 Å². The molecular weight excluding hydrogens is 286 g/mol. The number of nitrogens with two attached hydrogens (primary N) is 1. The van der Waals surface area contributed by atoms with Gasteiger partial charge in [-0.25, -0.2) is 8.42 Å². The molecule has 4 nitrogen and oxygen atoms in total. The lowest BCUT2D eigenvalue weighted by Gasteiger charge is -2.09. The molecule has 3 N–H and O–H groups in total. The number of aliphatic hydroxyl groups is 1. The van der Waals surface area contributed by atoms with Gasteiger partial charge >= 0.3 is 0 Å². The summed E-state index contributed by atoms with van der Waals surface area (Å²) in [5.41, 5.74) is 8.74. The van der Waals surface area contributed by atoms with Gasteiger partial charge in [-0.1, -0.05) is 36.4 Å². The lowest BCUT2D eigenvalue weighted by Crippen LogP contribution is -2.26. The molecule has 5 heteroatoms. The maximum Gasteiger partial charge on any atom is 0.175 e. The van der Waals surface area contributed by atoms with E-state index in [2.05, 4.69) is 0 Å². The van der Waals surface area contributed by atoms with Crippen molar-refractivity contribution >= 4 is 9.84 Å². The van der Waals surface area contributed by atoms with Crippen molar-refractivity contribution in [3.05, 3.63) is 54.1 Å². The van der Waals surface area contributed by atoms with E-state index >= 15 is 0 Å². The zero-order valence-electron chi connectivity index (χ0n) is 11.9. The quantitative estimate of drug-likeness (QED) is 0.879. The molecule has 0 amide bonds. The zero-order chi connectivity index (χ0) is 15.5. The van der Waals surface area contributed by atoms with E-state index in [0.717, 1.165) is 16.7 Å². The highest BCUT2D eigenvalue weighted by Crippen LogP contribution is 2.22. The minimum Gasteiger partial charge on any atom is -0.395 e. The first-order valence-corrected chi connectivity index (χ1v) is 8.55. The predicted molar refractivity (Wildman–Crippen MR) is 83.8 cm³/mol. The van der Waals surface area contributed by atoms with Crippen molar-refractivity contribution in [3.8, 4) is 11.1 Å². The average Bonchev–Trinajstić information content (AvgIpc) is 2.47. The smallest absolute Gasteiger partial charge is 0.175 e. The third-order valence-electron chi connectivity index (χ3n) is 3.30. The Morgan fingerprint density at radius 3 is 1.90 bits per heavy atom. The van der Waals surface area contributed by atoms with E-state index in [0.29, 0.717) is 11.3 Å². The van der Waals surface area contributed by atoms with Crippen LogP contribution in [0.15, 0.2) is 53.4 Å². The molecule has 0 saturated carbocycles. The van der Waals surface area contributed by atoms with Crippen LogP contribution in [0.5, 0.6) is 0 Å². The first kappa shape index (κ1) is 15.7. The van der Waals surface area contributed by atoms with Crippen LogP contribution in [-0.4, -0.2) is 32.4 Å². The summed E-state index contributed by atoms with van der Waals surface area (Å²) >= 11 is 0. The first-order chi connectivity index (χ1) is 9.90. The topological polar surface area (TPSA) is 80.4 Å². The summed E-state index contributed by atoms with van der Waals surface area (Å²) < 4.78 is 22.8. The molecule has 21 heavy (non-hydrogen) atoms. The molecule has 0 radical (unpaired) electrons. The third-order valence-corrected chi connectivity index (χ3v) is 4.43. The van der Waals surface area contributed by atoms with Crippen LogP contribution in [0.2, 0.25) is 0 Å². The standard InChI is InChI=1S/C16H19NO3S/c1-21(19,20)16-8-6-14(7-9-16)13-4-2-12(3-5-13)10-15(17)11-18/h2-9,15,18H,10-11,17H2,1H3. The van der Waals surface area contributed by atoms with E-state index in [1.165, 1.54) is 6.26 Å². The van der Waals surface area contributed by atoms with Crippen molar-refractivity contribution in [1.29, 1.82) is 0 Å². The summed E-state index contributed by atoms with van der Waals surface area (Å²) in [5, 5.41) is 8.95. The molecular formula is C16H19NO3S. The fourth-order valence-corrected chi connectivity index (χ4v) is 2.73. The Morgan fingerprint density at radius 2 is 1.48 bits per heavy atom. The van der Waals surface area contributed by atoms with Crippen molar-refractivity contribution in [2.75, 3.05) is 12.9 Å². The SMILES string of the molecule is CS(=O)(=O)c1ccc(-c2ccc(CC(N)CO)cc2)cc1. The zero-order valence-corrected chi connectivity index (χ0v) is 12.7. The van der Waals surface area contributed by atoms with Crippen LogP contribution in [0.1, 0.15) is 5.56 Å². The largest absolute Gasteiger partial charge is 0.395 e. The van der Waals surface area contributed by atoms with E-state index in [1.54, 1.807) is 24.3 Å². The molecule has 112 valence electrons. The van der Waals surface area contributed by atoms with Crippen molar-refractivity contribution in [2.24, 2.45) is 5.73 Å². The number of rotatable bonds is 5. The van der Waals surface area contributed by atoms with Crippen LogP contribution in [0.25, 0.3) is 11.1 Å². The summed E-state index contributed by atoms with van der Waals surface area (Å²) in [7, 11) is -3.16. The lowest BCUT2D eigenvalue weighted by molar-refractivity contribution is 0.265. The van der Waals surface area contributed by atoms with Gasteiger partial charge in [-0.15, -0.1) is 0 Å². The van der Waals surface area contributed by atoms with Gasteiger partial charge < -0.3 is 10.8 Å². The number of benzene rings is 2. The molecule has 1 unspecified atom stereocenters. The molecule has 2 aromatic carbocycles. The van der Waals surface area contributed by atoms with Gasteiger partial charge in [0.1, 0.15) is 0 Å². The minimum absolute atomic E-state index is 0.0330. The summed E-state index contributed by atoms with van der Waals surface area (Å²) in [6.07, 6.45) is 1.82. The van der Waals surface area contributed by atoms with E-state index in [4.69, 9.17) is 10.8 Å². The van der Waals surface area contributed by atoms with Crippen LogP contribution in [0, 0.1) is 0 Å². The normalized spacial score (nSPS) is 13.1. The van der Waals surface area contributed by atoms with Crippen molar-refractivity contribution in [3.63, 3.8) is 0 Å². The number of hydrogen-bond donors (Lipinski definition) is 2. The molecule has 0 aliphatic rings. The van der Waals surface area contributed by atoms with Crippen LogP contribution < -0.4 is 5.73 Å². The predicted octanol–water partition coefficient (Wildman–Crippen LogP) is 1.62. The average molecular weight is 305 g/mol. The van der Waals surface area contributed by atoms with Crippen LogP contribution in [0.3, 0.4) is 0 Å². The van der Waals surface area contributed by atoms with Gasteiger partial charge in [0.2, 0.25) is 0 Å². The highest BCUT2D eigenvalue weighted by molar-refractivity contribution is 7.90. The molecule has 2 rings (SSSR count). The number of hydrogen-bond acceptors (Lipinski definition) is 4. The van der Waals surface area contributed by atoms with E-state index in [-0.39, 0.29) is 12.6 Å². The van der Waals surface area contributed by atoms with Gasteiger partial charge in [0, 0.05) is 12.3 Å². The Hall–Kier alpha value is -1.69. The van der Waals surface area contributed by atoms with Gasteiger partial charge in [0.25, 0.3) is 0 Å². The Bertz CT molecular complexity index is 691. The van der Waals surface area contributed by atoms with Crippen molar-refractivity contribution in [1.82, 2.24) is 0 Å². The van der Waals surface area contributed by atoms with Gasteiger partial charge in [-0.3, -0.25) is 0 Å². The van der Waals surface area contributed by atoms with Crippen molar-refractivity contribution < 1.29 is 13.5 Å². The minimum atomic E-state index is -3.16. The molecule has 0 aliphatic heterocycles. The summed E-state index contributed by atoms with van der Waals surface area (Å²) in [4.78, 5) is 0.316. The molecule has 0 aromatic heterocycles. The van der Waals surface area contributed by atoms with E-state index < -0.39 is 9.84 Å². The molecule has 0 spiro atoms. The second-order valence-electron chi connectivity index (χ2n) is 5.14. The van der Waals surface area contributed by atoms with Crippen molar-refractivity contribution in [2.45, 2.75) is 17.4 Å². The number of sulfone groups is 1. The molecule has 0 aliphatic carbocycles. The maximum absolute atomic E-state index is 11.4. The molecule has 1 atom stereocenters. The highest BCUT2D eigenvalue weighted by atomic mass is 32.2. The Morgan fingerprint density at radius 1 is 1.00 bits per heavy atom. The molecule has 2 aromatic rings. The van der Waals surface area contributed by atoms with Gasteiger partial charge in [-0.05, 0) is 35.2 Å². The summed E-state index contributed by atoms with van der Waals surface area (Å²) in [6.45, 7) is -0.0330. The van der Waals surface area contributed by atoms with Crippen LogP contribution in [-0.2, 0) is 16.3 Å². The Labute approximate surface area is 125 Å². The maximum atomic E-state index is 11.4. The lowest BCUT2D eigenvalue weighted by atomic mass is 10.0. The molecule has 0 fully saturated rings. The van der Waals surface area contributed by atoms with E-state index in [9.17, 15) is 8.42 Å². The third kappa shape index (κ3) is 4.14.